The van der Waals surface area contributed by atoms with Crippen LogP contribution in [0.1, 0.15) is 43.7 Å². The number of carbonyl (C=O) groups is 2. The van der Waals surface area contributed by atoms with E-state index < -0.39 is 5.97 Å². The minimum absolute atomic E-state index is 0.00754. The molecule has 1 amide bonds. The second-order valence-electron chi connectivity index (χ2n) is 5.74. The molecule has 4 nitrogen and oxygen atoms in total. The summed E-state index contributed by atoms with van der Waals surface area (Å²) < 4.78 is 0. The number of carbonyl (C=O) groups excluding carboxylic acids is 1. The van der Waals surface area contributed by atoms with E-state index in [-0.39, 0.29) is 17.7 Å². The van der Waals surface area contributed by atoms with E-state index >= 15 is 0 Å². The van der Waals surface area contributed by atoms with Crippen molar-refractivity contribution < 1.29 is 14.7 Å². The lowest BCUT2D eigenvalue weighted by Gasteiger charge is -2.25. The van der Waals surface area contributed by atoms with Crippen LogP contribution in [0.15, 0.2) is 24.3 Å². The molecule has 1 aliphatic carbocycles. The molecule has 1 aromatic rings. The zero-order valence-corrected chi connectivity index (χ0v) is 12.5. The Morgan fingerprint density at radius 2 is 1.86 bits per heavy atom. The Labute approximate surface area is 125 Å². The summed E-state index contributed by atoms with van der Waals surface area (Å²) in [5.74, 6) is -1.30. The first kappa shape index (κ1) is 15.5. The van der Waals surface area contributed by atoms with E-state index in [1.807, 2.05) is 18.2 Å². The van der Waals surface area contributed by atoms with Crippen molar-refractivity contribution in [2.75, 3.05) is 0 Å². The summed E-state index contributed by atoms with van der Waals surface area (Å²) >= 11 is 0. The average Bonchev–Trinajstić information content (AvgIpc) is 2.52. The summed E-state index contributed by atoms with van der Waals surface area (Å²) in [5.41, 5.74) is 2.38. The minimum Gasteiger partial charge on any atom is -0.481 e. The number of rotatable bonds is 5. The van der Waals surface area contributed by atoms with Crippen LogP contribution in [0, 0.1) is 11.8 Å². The Bertz CT molecular complexity index is 513. The summed E-state index contributed by atoms with van der Waals surface area (Å²) in [4.78, 5) is 23.3. The highest BCUT2D eigenvalue weighted by atomic mass is 16.4. The molecule has 2 atom stereocenters. The summed E-state index contributed by atoms with van der Waals surface area (Å²) in [6.45, 7) is 2.62. The van der Waals surface area contributed by atoms with Crippen molar-refractivity contribution >= 4 is 11.9 Å². The fourth-order valence-electron chi connectivity index (χ4n) is 3.05. The molecule has 0 spiro atoms. The minimum atomic E-state index is -0.774. The number of carboxylic acid groups (broad SMARTS) is 1. The van der Waals surface area contributed by atoms with E-state index in [0.717, 1.165) is 24.8 Å². The molecule has 0 bridgehead atoms. The number of carboxylic acids is 1. The third-order valence-corrected chi connectivity index (χ3v) is 4.35. The molecule has 0 aromatic heterocycles. The van der Waals surface area contributed by atoms with Gasteiger partial charge >= 0.3 is 5.97 Å². The van der Waals surface area contributed by atoms with Gasteiger partial charge in [0.25, 0.3) is 0 Å². The van der Waals surface area contributed by atoms with Crippen molar-refractivity contribution in [3.8, 4) is 0 Å². The van der Waals surface area contributed by atoms with Crippen LogP contribution in [0.3, 0.4) is 0 Å². The summed E-state index contributed by atoms with van der Waals surface area (Å²) in [7, 11) is 0. The number of nitrogens with one attached hydrogen (secondary N) is 1. The first-order valence-electron chi connectivity index (χ1n) is 7.69. The van der Waals surface area contributed by atoms with Gasteiger partial charge in [-0.15, -0.1) is 0 Å². The van der Waals surface area contributed by atoms with Gasteiger partial charge in [-0.1, -0.05) is 37.6 Å². The van der Waals surface area contributed by atoms with Gasteiger partial charge in [0.05, 0.1) is 5.92 Å². The Balaban J connectivity index is 1.91. The quantitative estimate of drug-likeness (QED) is 0.876. The first-order chi connectivity index (χ1) is 10.1. The topological polar surface area (TPSA) is 66.4 Å². The van der Waals surface area contributed by atoms with E-state index in [2.05, 4.69) is 18.3 Å². The van der Waals surface area contributed by atoms with Crippen LogP contribution in [0.4, 0.5) is 0 Å². The van der Waals surface area contributed by atoms with Gasteiger partial charge in [-0.05, 0) is 36.8 Å². The van der Waals surface area contributed by atoms with Crippen LogP contribution in [0.2, 0.25) is 0 Å². The molecule has 1 aliphatic rings. The molecule has 2 unspecified atom stereocenters. The maximum atomic E-state index is 12.2. The largest absolute Gasteiger partial charge is 0.481 e. The second-order valence-corrected chi connectivity index (χ2v) is 5.74. The molecular formula is C17H23NO3. The molecule has 4 heteroatoms. The number of amides is 1. The van der Waals surface area contributed by atoms with E-state index in [1.54, 1.807) is 0 Å². The van der Waals surface area contributed by atoms with Gasteiger partial charge in [-0.2, -0.15) is 0 Å². The summed E-state index contributed by atoms with van der Waals surface area (Å²) in [6.07, 6.45) is 3.72. The Morgan fingerprint density at radius 1 is 1.19 bits per heavy atom. The number of hydrogen-bond donors (Lipinski definition) is 2. The van der Waals surface area contributed by atoms with Gasteiger partial charge in [0, 0.05) is 12.5 Å². The van der Waals surface area contributed by atoms with Crippen LogP contribution >= 0.6 is 0 Å². The molecule has 21 heavy (non-hydrogen) atoms. The summed E-state index contributed by atoms with van der Waals surface area (Å²) in [6, 6.07) is 8.08. The molecule has 1 fully saturated rings. The van der Waals surface area contributed by atoms with Gasteiger partial charge in [0.2, 0.25) is 5.91 Å². The van der Waals surface area contributed by atoms with E-state index in [0.29, 0.717) is 19.4 Å². The zero-order chi connectivity index (χ0) is 15.2. The SMILES string of the molecule is CCc1ccccc1CNC(=O)C1CCCC(C(=O)O)C1. The van der Waals surface area contributed by atoms with Crippen LogP contribution in [0.25, 0.3) is 0 Å². The molecule has 0 radical (unpaired) electrons. The average molecular weight is 289 g/mol. The standard InChI is InChI=1S/C17H23NO3/c1-2-12-6-3-4-7-15(12)11-18-16(19)13-8-5-9-14(10-13)17(20)21/h3-4,6-7,13-14H,2,5,8-11H2,1H3,(H,18,19)(H,20,21). The van der Waals surface area contributed by atoms with Crippen LogP contribution in [-0.2, 0) is 22.6 Å². The Hall–Kier alpha value is -1.84. The monoisotopic (exact) mass is 289 g/mol. The maximum Gasteiger partial charge on any atom is 0.306 e. The number of benzene rings is 1. The molecular weight excluding hydrogens is 266 g/mol. The molecule has 1 saturated carbocycles. The smallest absolute Gasteiger partial charge is 0.306 e. The maximum absolute atomic E-state index is 12.2. The number of aryl methyl sites for hydroxylation is 1. The second kappa shape index (κ2) is 7.25. The lowest BCUT2D eigenvalue weighted by Crippen LogP contribution is -2.35. The zero-order valence-electron chi connectivity index (χ0n) is 12.5. The summed E-state index contributed by atoms with van der Waals surface area (Å²) in [5, 5.41) is 12.1. The van der Waals surface area contributed by atoms with Gasteiger partial charge in [0.1, 0.15) is 0 Å². The number of hydrogen-bond acceptors (Lipinski definition) is 2. The number of aliphatic carboxylic acids is 1. The van der Waals surface area contributed by atoms with Gasteiger partial charge in [-0.3, -0.25) is 9.59 Å². The predicted molar refractivity (Wildman–Crippen MR) is 80.8 cm³/mol. The van der Waals surface area contributed by atoms with Crippen LogP contribution in [-0.4, -0.2) is 17.0 Å². The molecule has 114 valence electrons. The van der Waals surface area contributed by atoms with E-state index in [4.69, 9.17) is 5.11 Å². The molecule has 0 heterocycles. The van der Waals surface area contributed by atoms with Crippen molar-refractivity contribution in [2.45, 2.75) is 45.6 Å². The van der Waals surface area contributed by atoms with E-state index in [9.17, 15) is 9.59 Å². The van der Waals surface area contributed by atoms with E-state index in [1.165, 1.54) is 5.56 Å². The first-order valence-corrected chi connectivity index (χ1v) is 7.69. The lowest BCUT2D eigenvalue weighted by atomic mass is 9.81. The van der Waals surface area contributed by atoms with Crippen LogP contribution < -0.4 is 5.32 Å². The van der Waals surface area contributed by atoms with Crippen molar-refractivity contribution in [2.24, 2.45) is 11.8 Å². The van der Waals surface area contributed by atoms with Gasteiger partial charge in [0.15, 0.2) is 0 Å². The van der Waals surface area contributed by atoms with Gasteiger partial charge in [-0.25, -0.2) is 0 Å². The predicted octanol–water partition coefficient (Wildman–Crippen LogP) is 2.76. The Morgan fingerprint density at radius 3 is 2.52 bits per heavy atom. The lowest BCUT2D eigenvalue weighted by molar-refractivity contribution is -0.144. The highest BCUT2D eigenvalue weighted by Crippen LogP contribution is 2.29. The fraction of sp³-hybridized carbons (Fsp3) is 0.529. The van der Waals surface area contributed by atoms with Crippen molar-refractivity contribution in [1.29, 1.82) is 0 Å². The highest BCUT2D eigenvalue weighted by molar-refractivity contribution is 5.80. The third kappa shape index (κ3) is 4.06. The molecule has 0 saturated heterocycles. The Kier molecular flexibility index (Phi) is 5.37. The third-order valence-electron chi connectivity index (χ3n) is 4.35. The van der Waals surface area contributed by atoms with Crippen molar-refractivity contribution in [1.82, 2.24) is 5.32 Å². The van der Waals surface area contributed by atoms with Gasteiger partial charge < -0.3 is 10.4 Å². The normalized spacial score (nSPS) is 21.8. The highest BCUT2D eigenvalue weighted by Gasteiger charge is 2.30. The van der Waals surface area contributed by atoms with Crippen molar-refractivity contribution in [3.05, 3.63) is 35.4 Å². The molecule has 1 aromatic carbocycles. The van der Waals surface area contributed by atoms with Crippen molar-refractivity contribution in [3.63, 3.8) is 0 Å². The fourth-order valence-corrected chi connectivity index (χ4v) is 3.05. The van der Waals surface area contributed by atoms with Crippen LogP contribution in [0.5, 0.6) is 0 Å². The molecule has 2 N–H and O–H groups in total. The molecule has 0 aliphatic heterocycles. The molecule has 2 rings (SSSR count).